The summed E-state index contributed by atoms with van der Waals surface area (Å²) in [4.78, 5) is 44.3. The van der Waals surface area contributed by atoms with Crippen molar-refractivity contribution in [1.82, 2.24) is 0 Å². The van der Waals surface area contributed by atoms with Crippen molar-refractivity contribution in [2.24, 2.45) is 0 Å². The number of carbonyl (C=O) groups is 4. The molecule has 0 bridgehead atoms. The van der Waals surface area contributed by atoms with Crippen LogP contribution in [0.4, 0.5) is 0 Å². The van der Waals surface area contributed by atoms with E-state index >= 15 is 0 Å². The predicted molar refractivity (Wildman–Crippen MR) is 118 cm³/mol. The summed E-state index contributed by atoms with van der Waals surface area (Å²) in [6.07, 6.45) is 0.843. The molecule has 180 valence electrons. The number of hydrogen-bond acceptors (Lipinski definition) is 8. The van der Waals surface area contributed by atoms with Crippen molar-refractivity contribution in [3.8, 4) is 0 Å². The fraction of sp³-hybridized carbons (Fsp3) is 0.231. The zero-order valence-electron chi connectivity index (χ0n) is 19.7. The molecule has 0 amide bonds. The number of allylic oxidation sites excluding steroid dienone is 2. The Hall–Kier alpha value is -3.17. The molecule has 0 fully saturated rings. The number of ketones is 4. The second-order valence-electron chi connectivity index (χ2n) is 7.59. The van der Waals surface area contributed by atoms with Crippen molar-refractivity contribution in [3.63, 3.8) is 0 Å². The van der Waals surface area contributed by atoms with E-state index in [0.29, 0.717) is 11.1 Å². The zero-order chi connectivity index (χ0) is 26.0. The molecule has 2 aliphatic rings. The van der Waals surface area contributed by atoms with Crippen molar-refractivity contribution in [2.75, 3.05) is 0 Å². The number of hydrogen-bond donors (Lipinski definition) is 0. The molecule has 0 atom stereocenters. The molecule has 9 heteroatoms. The van der Waals surface area contributed by atoms with E-state index in [2.05, 4.69) is 0 Å². The Bertz CT molecular complexity index is 1030. The van der Waals surface area contributed by atoms with Crippen molar-refractivity contribution < 1.29 is 61.3 Å². The Balaban J connectivity index is 0.000000499. The molecule has 0 saturated carbocycles. The van der Waals surface area contributed by atoms with Crippen LogP contribution in [0, 0.1) is 0 Å². The molecule has 8 nitrogen and oxygen atoms in total. The summed E-state index contributed by atoms with van der Waals surface area (Å²) in [5.74, 6) is -3.45. The molecule has 0 saturated heterocycles. The third-order valence-corrected chi connectivity index (χ3v) is 3.85. The van der Waals surface area contributed by atoms with Crippen LogP contribution in [0.3, 0.4) is 0 Å². The van der Waals surface area contributed by atoms with Crippen molar-refractivity contribution in [3.05, 3.63) is 82.9 Å². The maximum absolute atomic E-state index is 11.2. The predicted octanol–water partition coefficient (Wildman–Crippen LogP) is -0.186. The molecule has 0 aromatic heterocycles. The van der Waals surface area contributed by atoms with Crippen LogP contribution in [0.2, 0.25) is 0 Å². The van der Waals surface area contributed by atoms with Gasteiger partial charge in [-0.15, -0.1) is 12.2 Å². The third-order valence-electron chi connectivity index (χ3n) is 3.85. The van der Waals surface area contributed by atoms with Crippen molar-refractivity contribution in [2.45, 2.75) is 39.9 Å². The van der Waals surface area contributed by atoms with Crippen LogP contribution in [0.15, 0.2) is 60.7 Å². The van der Waals surface area contributed by atoms with E-state index in [4.69, 9.17) is 0 Å². The maximum Gasteiger partial charge on any atom is 4.00 e. The molecular formula is C26H24O8Ti. The summed E-state index contributed by atoms with van der Waals surface area (Å²) < 4.78 is 0. The summed E-state index contributed by atoms with van der Waals surface area (Å²) >= 11 is 0. The smallest absolute Gasteiger partial charge is 0.872 e. The minimum atomic E-state index is -0.733. The fourth-order valence-electron chi connectivity index (χ4n) is 2.58. The Morgan fingerprint density at radius 2 is 0.771 bits per heavy atom. The largest absolute Gasteiger partial charge is 4.00 e. The van der Waals surface area contributed by atoms with Crippen LogP contribution < -0.4 is 20.4 Å². The minimum Gasteiger partial charge on any atom is -0.872 e. The molecule has 0 N–H and O–H groups in total. The monoisotopic (exact) mass is 512 g/mol. The number of rotatable bonds is 0. The SMILES string of the molecule is CC(C)[O-].CC(C)[O-].O=C1C=C([O-])c2ccccc2C1=O.O=C1C=C([O-])c2ccccc2C1=O.[Ti+4]. The van der Waals surface area contributed by atoms with Crippen molar-refractivity contribution in [1.29, 1.82) is 0 Å². The Morgan fingerprint density at radius 1 is 0.543 bits per heavy atom. The zero-order valence-corrected chi connectivity index (χ0v) is 21.3. The molecule has 2 aromatic carbocycles. The van der Waals surface area contributed by atoms with Crippen LogP contribution in [-0.4, -0.2) is 35.3 Å². The van der Waals surface area contributed by atoms with Crippen LogP contribution in [0.25, 0.3) is 11.5 Å². The molecule has 2 aliphatic carbocycles. The van der Waals surface area contributed by atoms with Gasteiger partial charge >= 0.3 is 21.7 Å². The first kappa shape index (κ1) is 31.8. The second kappa shape index (κ2) is 15.0. The topological polar surface area (TPSA) is 161 Å². The van der Waals surface area contributed by atoms with Gasteiger partial charge in [-0.3, -0.25) is 19.2 Å². The fourth-order valence-corrected chi connectivity index (χ4v) is 2.58. The first-order valence-corrected chi connectivity index (χ1v) is 10.3. The average Bonchev–Trinajstić information content (AvgIpc) is 2.76. The van der Waals surface area contributed by atoms with Gasteiger partial charge in [0.1, 0.15) is 0 Å². The van der Waals surface area contributed by atoms with Gasteiger partial charge in [-0.2, -0.15) is 0 Å². The van der Waals surface area contributed by atoms with E-state index in [1.807, 2.05) is 0 Å². The second-order valence-corrected chi connectivity index (χ2v) is 7.59. The van der Waals surface area contributed by atoms with Crippen LogP contribution in [0.1, 0.15) is 59.5 Å². The van der Waals surface area contributed by atoms with E-state index in [1.165, 1.54) is 12.1 Å². The third kappa shape index (κ3) is 9.92. The number of benzene rings is 2. The van der Waals surface area contributed by atoms with Gasteiger partial charge in [-0.1, -0.05) is 87.7 Å². The Morgan fingerprint density at radius 3 is 1.03 bits per heavy atom. The Kier molecular flexibility index (Phi) is 13.6. The van der Waals surface area contributed by atoms with Gasteiger partial charge in [0.15, 0.2) is 0 Å². The molecule has 0 unspecified atom stereocenters. The van der Waals surface area contributed by atoms with E-state index in [-0.39, 0.29) is 44.4 Å². The summed E-state index contributed by atoms with van der Waals surface area (Å²) in [5.41, 5.74) is 1.04. The normalized spacial score (nSPS) is 13.4. The van der Waals surface area contributed by atoms with E-state index in [1.54, 1.807) is 64.1 Å². The van der Waals surface area contributed by atoms with Gasteiger partial charge in [0.25, 0.3) is 0 Å². The van der Waals surface area contributed by atoms with Crippen LogP contribution in [-0.2, 0) is 31.3 Å². The number of fused-ring (bicyclic) bond motifs is 2. The molecule has 0 aliphatic heterocycles. The molecular weight excluding hydrogens is 488 g/mol. The molecule has 2 aromatic rings. The van der Waals surface area contributed by atoms with Gasteiger partial charge in [0, 0.05) is 11.1 Å². The minimum absolute atomic E-state index is 0. The van der Waals surface area contributed by atoms with Gasteiger partial charge in [-0.25, -0.2) is 0 Å². The molecule has 35 heavy (non-hydrogen) atoms. The number of carbonyl (C=O) groups excluding carboxylic acids is 4. The standard InChI is InChI=1S/2C10H6O3.2C3H7O.Ti/c2*11-8-5-9(12)10(13)7-4-2-1-3-6(7)8;2*1-3(2)4;/h2*1-5,11H;2*3H,1-2H3;/q;;2*-1;+4/p-2. The van der Waals surface area contributed by atoms with Gasteiger partial charge in [-0.05, 0) is 23.3 Å². The molecule has 4 rings (SSSR count). The molecule has 0 radical (unpaired) electrons. The summed E-state index contributed by atoms with van der Waals surface area (Å²) in [6, 6.07) is 12.6. The molecule has 0 heterocycles. The van der Waals surface area contributed by atoms with Crippen LogP contribution in [0.5, 0.6) is 0 Å². The van der Waals surface area contributed by atoms with Gasteiger partial charge < -0.3 is 20.4 Å². The molecule has 0 spiro atoms. The average molecular weight is 512 g/mol. The van der Waals surface area contributed by atoms with E-state index in [9.17, 15) is 39.6 Å². The van der Waals surface area contributed by atoms with Gasteiger partial charge in [0.2, 0.25) is 23.1 Å². The summed E-state index contributed by atoms with van der Waals surface area (Å²) in [5, 5.41) is 41.5. The first-order valence-electron chi connectivity index (χ1n) is 10.3. The summed E-state index contributed by atoms with van der Waals surface area (Å²) in [7, 11) is 0. The Labute approximate surface area is 218 Å². The quantitative estimate of drug-likeness (QED) is 0.347. The van der Waals surface area contributed by atoms with E-state index in [0.717, 1.165) is 12.2 Å². The first-order chi connectivity index (χ1) is 15.9. The maximum atomic E-state index is 11.2. The van der Waals surface area contributed by atoms with Crippen molar-refractivity contribution >= 4 is 34.7 Å². The number of Topliss-reactive ketones (excluding diaryl/α,β-unsaturated/α-hetero) is 2. The summed E-state index contributed by atoms with van der Waals surface area (Å²) in [6.45, 7) is 6.44. The van der Waals surface area contributed by atoms with Gasteiger partial charge in [0.05, 0.1) is 0 Å². The van der Waals surface area contributed by atoms with E-state index < -0.39 is 35.3 Å². The van der Waals surface area contributed by atoms with Crippen LogP contribution >= 0.6 is 0 Å².